The van der Waals surface area contributed by atoms with Crippen LogP contribution in [0.1, 0.15) is 40.6 Å². The number of hydrogen-bond donors (Lipinski definition) is 1. The standard InChI is InChI=1S/C25H21N3O6/c1-4-21-19(24(29)27(26-21)17-7-5-16(6-8-17)25(30)31)13-18-9-10-23(34-18)20-11-14(2)15(3)12-22(20)28(32)33/h5-13H,4H2,1-3H3,(H,30,31)/b19-13-. The number of nitrogens with zero attached hydrogens (tertiary/aromatic N) is 3. The van der Waals surface area contributed by atoms with Gasteiger partial charge in [-0.3, -0.25) is 14.9 Å². The van der Waals surface area contributed by atoms with Crippen LogP contribution in [0.15, 0.2) is 63.6 Å². The van der Waals surface area contributed by atoms with Crippen molar-refractivity contribution < 1.29 is 24.0 Å². The van der Waals surface area contributed by atoms with Gasteiger partial charge in [-0.1, -0.05) is 6.92 Å². The van der Waals surface area contributed by atoms with Crippen LogP contribution < -0.4 is 5.01 Å². The number of aromatic carboxylic acids is 1. The van der Waals surface area contributed by atoms with E-state index in [-0.39, 0.29) is 17.2 Å². The van der Waals surface area contributed by atoms with Crippen LogP contribution in [-0.2, 0) is 4.79 Å². The highest BCUT2D eigenvalue weighted by Crippen LogP contribution is 2.34. The number of carbonyl (C=O) groups is 2. The molecule has 1 amide bonds. The maximum Gasteiger partial charge on any atom is 0.335 e. The van der Waals surface area contributed by atoms with E-state index >= 15 is 0 Å². The van der Waals surface area contributed by atoms with Gasteiger partial charge in [-0.2, -0.15) is 10.1 Å². The highest BCUT2D eigenvalue weighted by Gasteiger charge is 2.30. The summed E-state index contributed by atoms with van der Waals surface area (Å²) in [4.78, 5) is 35.3. The summed E-state index contributed by atoms with van der Waals surface area (Å²) in [5.74, 6) is -0.761. The van der Waals surface area contributed by atoms with Crippen LogP contribution >= 0.6 is 0 Å². The molecule has 0 radical (unpaired) electrons. The number of benzene rings is 2. The first-order valence-electron chi connectivity index (χ1n) is 10.5. The molecule has 0 unspecified atom stereocenters. The quantitative estimate of drug-likeness (QED) is 0.300. The molecule has 0 spiro atoms. The number of carboxylic acid groups (broad SMARTS) is 1. The third-order valence-electron chi connectivity index (χ3n) is 5.64. The average Bonchev–Trinajstić information content (AvgIpc) is 3.40. The zero-order valence-electron chi connectivity index (χ0n) is 18.7. The SMILES string of the molecule is CCC1=NN(c2ccc(C(=O)O)cc2)C(=O)/C1=C\c1ccc(-c2cc(C)c(C)cc2[N+](=O)[O-])o1. The van der Waals surface area contributed by atoms with Crippen molar-refractivity contribution in [2.24, 2.45) is 5.10 Å². The molecule has 34 heavy (non-hydrogen) atoms. The number of anilines is 1. The smallest absolute Gasteiger partial charge is 0.335 e. The Morgan fingerprint density at radius 2 is 1.82 bits per heavy atom. The molecule has 4 rings (SSSR count). The minimum atomic E-state index is -1.06. The van der Waals surface area contributed by atoms with Gasteiger partial charge >= 0.3 is 5.97 Å². The fraction of sp³-hybridized carbons (Fsp3) is 0.160. The number of rotatable bonds is 6. The van der Waals surface area contributed by atoms with E-state index in [1.807, 2.05) is 20.8 Å². The average molecular weight is 459 g/mol. The molecule has 0 bridgehead atoms. The van der Waals surface area contributed by atoms with E-state index in [4.69, 9.17) is 9.52 Å². The maximum atomic E-state index is 13.1. The summed E-state index contributed by atoms with van der Waals surface area (Å²) < 4.78 is 5.87. The van der Waals surface area contributed by atoms with Crippen molar-refractivity contribution in [3.8, 4) is 11.3 Å². The summed E-state index contributed by atoms with van der Waals surface area (Å²) in [7, 11) is 0. The van der Waals surface area contributed by atoms with Crippen LogP contribution in [0.4, 0.5) is 11.4 Å². The Kier molecular flexibility index (Phi) is 5.85. The number of aryl methyl sites for hydroxylation is 2. The lowest BCUT2D eigenvalue weighted by Crippen LogP contribution is -2.21. The molecule has 1 N–H and O–H groups in total. The second kappa shape index (κ2) is 8.78. The van der Waals surface area contributed by atoms with E-state index in [1.165, 1.54) is 35.3 Å². The molecule has 0 aliphatic carbocycles. The molecule has 2 heterocycles. The molecule has 1 aliphatic rings. The number of carbonyl (C=O) groups excluding carboxylic acids is 1. The first-order valence-corrected chi connectivity index (χ1v) is 10.5. The summed E-state index contributed by atoms with van der Waals surface area (Å²) in [6.07, 6.45) is 2.05. The van der Waals surface area contributed by atoms with Crippen molar-refractivity contribution in [3.63, 3.8) is 0 Å². The lowest BCUT2D eigenvalue weighted by atomic mass is 10.0. The summed E-state index contributed by atoms with van der Waals surface area (Å²) >= 11 is 0. The van der Waals surface area contributed by atoms with Crippen molar-refractivity contribution in [2.45, 2.75) is 27.2 Å². The highest BCUT2D eigenvalue weighted by molar-refractivity contribution is 6.32. The van der Waals surface area contributed by atoms with Crippen LogP contribution in [0.3, 0.4) is 0 Å². The topological polar surface area (TPSA) is 126 Å². The molecule has 2 aromatic carbocycles. The van der Waals surface area contributed by atoms with Crippen molar-refractivity contribution >= 4 is 35.0 Å². The zero-order chi connectivity index (χ0) is 24.6. The maximum absolute atomic E-state index is 13.1. The van der Waals surface area contributed by atoms with E-state index < -0.39 is 10.9 Å². The van der Waals surface area contributed by atoms with E-state index in [0.29, 0.717) is 40.5 Å². The Hall–Kier alpha value is -4.53. The summed E-state index contributed by atoms with van der Waals surface area (Å²) in [6, 6.07) is 12.4. The number of nitro groups is 1. The number of amides is 1. The lowest BCUT2D eigenvalue weighted by molar-refractivity contribution is -0.384. The summed E-state index contributed by atoms with van der Waals surface area (Å²) in [6.45, 7) is 5.54. The minimum absolute atomic E-state index is 0.0552. The molecular weight excluding hydrogens is 438 g/mol. The fourth-order valence-electron chi connectivity index (χ4n) is 3.65. The van der Waals surface area contributed by atoms with Crippen LogP contribution in [0.5, 0.6) is 0 Å². The van der Waals surface area contributed by atoms with Gasteiger partial charge in [-0.25, -0.2) is 4.79 Å². The van der Waals surface area contributed by atoms with Crippen molar-refractivity contribution in [3.05, 3.63) is 86.7 Å². The number of hydrogen-bond acceptors (Lipinski definition) is 6. The molecule has 0 saturated carbocycles. The molecule has 9 nitrogen and oxygen atoms in total. The first-order chi connectivity index (χ1) is 16.2. The van der Waals surface area contributed by atoms with Gasteiger partial charge in [0.1, 0.15) is 11.5 Å². The molecule has 1 aliphatic heterocycles. The molecule has 0 atom stereocenters. The molecular formula is C25H21N3O6. The van der Waals surface area contributed by atoms with Gasteiger partial charge in [0, 0.05) is 6.07 Å². The van der Waals surface area contributed by atoms with E-state index in [2.05, 4.69) is 5.10 Å². The highest BCUT2D eigenvalue weighted by atomic mass is 16.6. The monoisotopic (exact) mass is 459 g/mol. The van der Waals surface area contributed by atoms with Gasteiger partial charge in [-0.05, 0) is 79.9 Å². The first kappa shape index (κ1) is 22.7. The van der Waals surface area contributed by atoms with Gasteiger partial charge in [0.15, 0.2) is 0 Å². The molecule has 3 aromatic rings. The van der Waals surface area contributed by atoms with E-state index in [0.717, 1.165) is 11.1 Å². The van der Waals surface area contributed by atoms with E-state index in [1.54, 1.807) is 24.3 Å². The molecule has 0 fully saturated rings. The fourth-order valence-corrected chi connectivity index (χ4v) is 3.65. The Labute approximate surface area is 194 Å². The van der Waals surface area contributed by atoms with E-state index in [9.17, 15) is 19.7 Å². The Balaban J connectivity index is 1.68. The lowest BCUT2D eigenvalue weighted by Gasteiger charge is -2.11. The molecule has 1 aromatic heterocycles. The Bertz CT molecular complexity index is 1380. The number of hydrazone groups is 1. The number of carboxylic acids is 1. The third-order valence-corrected chi connectivity index (χ3v) is 5.64. The Morgan fingerprint density at radius 1 is 1.15 bits per heavy atom. The zero-order valence-corrected chi connectivity index (χ0v) is 18.7. The largest absolute Gasteiger partial charge is 0.478 e. The minimum Gasteiger partial charge on any atom is -0.478 e. The van der Waals surface area contributed by atoms with Gasteiger partial charge in [-0.15, -0.1) is 0 Å². The molecule has 0 saturated heterocycles. The summed E-state index contributed by atoms with van der Waals surface area (Å²) in [5.41, 5.74) is 3.43. The van der Waals surface area contributed by atoms with Crippen molar-refractivity contribution in [1.29, 1.82) is 0 Å². The number of nitro benzene ring substituents is 1. The number of furan rings is 1. The van der Waals surface area contributed by atoms with Gasteiger partial charge in [0.25, 0.3) is 11.6 Å². The second-order valence-corrected chi connectivity index (χ2v) is 7.84. The predicted molar refractivity (Wildman–Crippen MR) is 127 cm³/mol. The van der Waals surface area contributed by atoms with Gasteiger partial charge in [0.2, 0.25) is 0 Å². The van der Waals surface area contributed by atoms with Crippen molar-refractivity contribution in [2.75, 3.05) is 5.01 Å². The van der Waals surface area contributed by atoms with Crippen LogP contribution in [-0.4, -0.2) is 27.6 Å². The molecule has 172 valence electrons. The van der Waals surface area contributed by atoms with Gasteiger partial charge < -0.3 is 9.52 Å². The van der Waals surface area contributed by atoms with Crippen LogP contribution in [0, 0.1) is 24.0 Å². The third kappa shape index (κ3) is 4.11. The normalized spacial score (nSPS) is 14.6. The van der Waals surface area contributed by atoms with Crippen LogP contribution in [0.2, 0.25) is 0 Å². The predicted octanol–water partition coefficient (Wildman–Crippen LogP) is 5.37. The molecule has 9 heteroatoms. The second-order valence-electron chi connectivity index (χ2n) is 7.84. The summed E-state index contributed by atoms with van der Waals surface area (Å²) in [5, 5.41) is 26.2. The Morgan fingerprint density at radius 3 is 2.44 bits per heavy atom. The van der Waals surface area contributed by atoms with Crippen LogP contribution in [0.25, 0.3) is 17.4 Å². The van der Waals surface area contributed by atoms with Gasteiger partial charge in [0.05, 0.1) is 33.0 Å². The van der Waals surface area contributed by atoms with Crippen molar-refractivity contribution in [1.82, 2.24) is 0 Å².